The van der Waals surface area contributed by atoms with E-state index in [1.807, 2.05) is 27.7 Å². The van der Waals surface area contributed by atoms with Crippen LogP contribution in [0.5, 0.6) is 0 Å². The van der Waals surface area contributed by atoms with Crippen LogP contribution >= 0.6 is 0 Å². The van der Waals surface area contributed by atoms with Gasteiger partial charge in [0.05, 0.1) is 19.1 Å². The molecule has 0 saturated carbocycles. The van der Waals surface area contributed by atoms with Gasteiger partial charge in [-0.3, -0.25) is 9.59 Å². The second-order valence-corrected chi connectivity index (χ2v) is 5.44. The van der Waals surface area contributed by atoms with Gasteiger partial charge in [-0.2, -0.15) is 0 Å². The summed E-state index contributed by atoms with van der Waals surface area (Å²) < 4.78 is 10.6. The van der Waals surface area contributed by atoms with Crippen molar-refractivity contribution in [1.29, 1.82) is 0 Å². The van der Waals surface area contributed by atoms with Gasteiger partial charge in [0.1, 0.15) is 5.78 Å². The summed E-state index contributed by atoms with van der Waals surface area (Å²) in [6, 6.07) is 0. The molecule has 0 aromatic carbocycles. The molecule has 0 radical (unpaired) electrons. The number of aliphatic hydroxyl groups excluding tert-OH is 1. The number of esters is 1. The number of carbonyl (C=O) groups is 2. The Hall–Kier alpha value is -0.980. The molecule has 0 aromatic heterocycles. The van der Waals surface area contributed by atoms with Crippen molar-refractivity contribution in [2.24, 2.45) is 11.1 Å². The first-order valence-corrected chi connectivity index (χ1v) is 6.68. The Morgan fingerprint density at radius 3 is 2.05 bits per heavy atom. The SMILES string of the molecule is CC(OC(=O)CCC(=O)CN)OC(C)C(C)(C)C.CO. The molecule has 0 saturated heterocycles. The van der Waals surface area contributed by atoms with Crippen LogP contribution in [0.4, 0.5) is 0 Å². The Balaban J connectivity index is 0. The fourth-order valence-corrected chi connectivity index (χ4v) is 1.11. The molecule has 6 heteroatoms. The summed E-state index contributed by atoms with van der Waals surface area (Å²) in [5.74, 6) is -0.589. The van der Waals surface area contributed by atoms with Gasteiger partial charge < -0.3 is 20.3 Å². The zero-order valence-corrected chi connectivity index (χ0v) is 13.4. The molecule has 120 valence electrons. The van der Waals surface area contributed by atoms with Crippen LogP contribution < -0.4 is 5.73 Å². The topological polar surface area (TPSA) is 98.9 Å². The molecule has 0 spiro atoms. The number of rotatable bonds is 7. The zero-order chi connectivity index (χ0) is 16.3. The van der Waals surface area contributed by atoms with E-state index in [0.717, 1.165) is 7.11 Å². The van der Waals surface area contributed by atoms with E-state index >= 15 is 0 Å². The van der Waals surface area contributed by atoms with Crippen LogP contribution in [0.2, 0.25) is 0 Å². The molecule has 0 fully saturated rings. The predicted octanol–water partition coefficient (Wildman–Crippen LogP) is 1.24. The maximum Gasteiger partial charge on any atom is 0.308 e. The van der Waals surface area contributed by atoms with Gasteiger partial charge in [0.2, 0.25) is 0 Å². The van der Waals surface area contributed by atoms with Crippen molar-refractivity contribution >= 4 is 11.8 Å². The molecular formula is C14H29NO5. The molecule has 0 bridgehead atoms. The van der Waals surface area contributed by atoms with Gasteiger partial charge in [0.25, 0.3) is 0 Å². The molecule has 2 unspecified atom stereocenters. The van der Waals surface area contributed by atoms with Crippen LogP contribution in [0, 0.1) is 5.41 Å². The minimum absolute atomic E-state index is 0.0177. The van der Waals surface area contributed by atoms with Gasteiger partial charge in [-0.1, -0.05) is 20.8 Å². The first-order chi connectivity index (χ1) is 9.16. The van der Waals surface area contributed by atoms with E-state index in [1.165, 1.54) is 0 Å². The first-order valence-electron chi connectivity index (χ1n) is 6.68. The van der Waals surface area contributed by atoms with Crippen LogP contribution in [0.3, 0.4) is 0 Å². The minimum atomic E-state index is -0.611. The highest BCUT2D eigenvalue weighted by Crippen LogP contribution is 2.23. The average Bonchev–Trinajstić information content (AvgIpc) is 2.36. The predicted molar refractivity (Wildman–Crippen MR) is 77.0 cm³/mol. The minimum Gasteiger partial charge on any atom is -0.436 e. The molecule has 0 aromatic rings. The van der Waals surface area contributed by atoms with Crippen molar-refractivity contribution < 1.29 is 24.2 Å². The number of ether oxygens (including phenoxy) is 2. The van der Waals surface area contributed by atoms with E-state index in [1.54, 1.807) is 6.92 Å². The number of aliphatic hydroxyl groups is 1. The number of hydrogen-bond donors (Lipinski definition) is 2. The third-order valence-corrected chi connectivity index (χ3v) is 2.75. The van der Waals surface area contributed by atoms with Crippen molar-refractivity contribution in [3.8, 4) is 0 Å². The van der Waals surface area contributed by atoms with E-state index in [-0.39, 0.29) is 36.7 Å². The lowest BCUT2D eigenvalue weighted by Gasteiger charge is -2.29. The van der Waals surface area contributed by atoms with E-state index in [4.69, 9.17) is 20.3 Å². The fourth-order valence-electron chi connectivity index (χ4n) is 1.11. The van der Waals surface area contributed by atoms with Crippen molar-refractivity contribution in [3.05, 3.63) is 0 Å². The number of hydrogen-bond acceptors (Lipinski definition) is 6. The Morgan fingerprint density at radius 1 is 1.15 bits per heavy atom. The number of carbonyl (C=O) groups excluding carboxylic acids is 2. The summed E-state index contributed by atoms with van der Waals surface area (Å²) in [5.41, 5.74) is 5.13. The van der Waals surface area contributed by atoms with E-state index < -0.39 is 12.3 Å². The zero-order valence-electron chi connectivity index (χ0n) is 13.4. The molecule has 0 aliphatic carbocycles. The Morgan fingerprint density at radius 2 is 1.65 bits per heavy atom. The summed E-state index contributed by atoms with van der Waals surface area (Å²) in [5, 5.41) is 7.00. The van der Waals surface area contributed by atoms with Gasteiger partial charge in [0, 0.05) is 13.5 Å². The number of Topliss-reactive ketones (excluding diaryl/α,β-unsaturated/α-hetero) is 1. The molecule has 0 aliphatic heterocycles. The summed E-state index contributed by atoms with van der Waals surface area (Å²) in [6.45, 7) is 9.71. The van der Waals surface area contributed by atoms with E-state index in [0.29, 0.717) is 0 Å². The lowest BCUT2D eigenvalue weighted by molar-refractivity contribution is -0.192. The molecule has 0 heterocycles. The Bertz CT molecular complexity index is 286. The number of nitrogens with two attached hydrogens (primary N) is 1. The van der Waals surface area contributed by atoms with Gasteiger partial charge in [0.15, 0.2) is 6.29 Å². The van der Waals surface area contributed by atoms with Gasteiger partial charge in [-0.25, -0.2) is 0 Å². The molecule has 0 rings (SSSR count). The summed E-state index contributed by atoms with van der Waals surface area (Å²) >= 11 is 0. The molecule has 0 amide bonds. The Kier molecular flexibility index (Phi) is 11.5. The van der Waals surface area contributed by atoms with Crippen molar-refractivity contribution in [1.82, 2.24) is 0 Å². The highest BCUT2D eigenvalue weighted by atomic mass is 16.7. The largest absolute Gasteiger partial charge is 0.436 e. The van der Waals surface area contributed by atoms with Gasteiger partial charge in [-0.15, -0.1) is 0 Å². The lowest BCUT2D eigenvalue weighted by atomic mass is 9.90. The lowest BCUT2D eigenvalue weighted by Crippen LogP contribution is -2.31. The van der Waals surface area contributed by atoms with Gasteiger partial charge >= 0.3 is 5.97 Å². The van der Waals surface area contributed by atoms with E-state index in [9.17, 15) is 9.59 Å². The molecule has 2 atom stereocenters. The third-order valence-electron chi connectivity index (χ3n) is 2.75. The average molecular weight is 291 g/mol. The maximum absolute atomic E-state index is 11.4. The quantitative estimate of drug-likeness (QED) is 0.541. The monoisotopic (exact) mass is 291 g/mol. The third kappa shape index (κ3) is 10.9. The smallest absolute Gasteiger partial charge is 0.308 e. The molecule has 20 heavy (non-hydrogen) atoms. The van der Waals surface area contributed by atoms with Crippen LogP contribution in [-0.4, -0.2) is 42.9 Å². The first kappa shape index (κ1) is 21.3. The van der Waals surface area contributed by atoms with Crippen molar-refractivity contribution in [3.63, 3.8) is 0 Å². The number of ketones is 1. The maximum atomic E-state index is 11.4. The molecular weight excluding hydrogens is 262 g/mol. The van der Waals surface area contributed by atoms with Crippen molar-refractivity contribution in [2.45, 2.75) is 59.9 Å². The molecule has 0 aliphatic rings. The van der Waals surface area contributed by atoms with Crippen molar-refractivity contribution in [2.75, 3.05) is 13.7 Å². The van der Waals surface area contributed by atoms with Crippen LogP contribution in [0.25, 0.3) is 0 Å². The normalized spacial score (nSPS) is 13.8. The van der Waals surface area contributed by atoms with Gasteiger partial charge in [-0.05, 0) is 19.3 Å². The summed E-state index contributed by atoms with van der Waals surface area (Å²) in [7, 11) is 1.00. The fraction of sp³-hybridized carbons (Fsp3) is 0.857. The second kappa shape index (κ2) is 10.8. The summed E-state index contributed by atoms with van der Waals surface area (Å²) in [6.07, 6.45) is -0.476. The highest BCUT2D eigenvalue weighted by molar-refractivity contribution is 5.84. The van der Waals surface area contributed by atoms with Crippen LogP contribution in [0.1, 0.15) is 47.5 Å². The van der Waals surface area contributed by atoms with Crippen LogP contribution in [0.15, 0.2) is 0 Å². The second-order valence-electron chi connectivity index (χ2n) is 5.44. The molecule has 6 nitrogen and oxygen atoms in total. The summed E-state index contributed by atoms with van der Waals surface area (Å²) in [4.78, 5) is 22.4. The van der Waals surface area contributed by atoms with Crippen LogP contribution in [-0.2, 0) is 19.1 Å². The standard InChI is InChI=1S/C13H25NO4.CH4O/c1-9(13(3,4)5)17-10(2)18-12(16)7-6-11(15)8-14;1-2/h9-10H,6-8,14H2,1-5H3;2H,1H3. The van der Waals surface area contributed by atoms with E-state index in [2.05, 4.69) is 0 Å². The Labute approximate surface area is 121 Å². The molecule has 3 N–H and O–H groups in total. The highest BCUT2D eigenvalue weighted by Gasteiger charge is 2.24.